The summed E-state index contributed by atoms with van der Waals surface area (Å²) in [4.78, 5) is 24.3. The molecule has 0 saturated carbocycles. The van der Waals surface area contributed by atoms with Gasteiger partial charge >= 0.3 is 5.97 Å². The van der Waals surface area contributed by atoms with Gasteiger partial charge in [0.15, 0.2) is 6.61 Å². The van der Waals surface area contributed by atoms with Crippen LogP contribution < -0.4 is 0 Å². The van der Waals surface area contributed by atoms with Crippen LogP contribution in [-0.4, -0.2) is 36.6 Å². The van der Waals surface area contributed by atoms with Crippen LogP contribution in [-0.2, 0) is 14.3 Å². The van der Waals surface area contributed by atoms with Gasteiger partial charge in [-0.15, -0.1) is 0 Å². The molecule has 0 N–H and O–H groups in total. The molecule has 150 valence electrons. The Morgan fingerprint density at radius 3 is 2.64 bits per heavy atom. The number of Topliss-reactive ketones (excluding diaryl/α,β-unsaturated/α-hetero) is 1. The maximum absolute atomic E-state index is 13.1. The smallest absolute Gasteiger partial charge is 0.331 e. The molecule has 1 aromatic heterocycles. The third kappa shape index (κ3) is 5.30. The second-order valence-corrected chi connectivity index (χ2v) is 6.90. The predicted molar refractivity (Wildman–Crippen MR) is 106 cm³/mol. The number of esters is 1. The number of methoxy groups -OCH3 is 1. The van der Waals surface area contributed by atoms with Gasteiger partial charge in [0.2, 0.25) is 5.78 Å². The molecule has 2 rings (SSSR count). The Morgan fingerprint density at radius 1 is 1.29 bits per heavy atom. The fourth-order valence-electron chi connectivity index (χ4n) is 3.10. The van der Waals surface area contributed by atoms with Crippen molar-refractivity contribution < 1.29 is 23.5 Å². The van der Waals surface area contributed by atoms with Crippen molar-refractivity contribution in [3.63, 3.8) is 0 Å². The number of aryl methyl sites for hydroxylation is 1. The number of aromatic nitrogens is 1. The van der Waals surface area contributed by atoms with E-state index in [-0.39, 0.29) is 23.5 Å². The van der Waals surface area contributed by atoms with Gasteiger partial charge in [-0.2, -0.15) is 0 Å². The number of carbonyl (C=O) groups excluding carboxylic acids is 2. The zero-order valence-electron chi connectivity index (χ0n) is 16.3. The van der Waals surface area contributed by atoms with E-state index in [1.54, 1.807) is 13.2 Å². The summed E-state index contributed by atoms with van der Waals surface area (Å²) < 4.78 is 25.4. The summed E-state index contributed by atoms with van der Waals surface area (Å²) in [5, 5.41) is -0.0382. The van der Waals surface area contributed by atoms with Gasteiger partial charge in [-0.1, -0.05) is 17.7 Å². The molecular weight excluding hydrogens is 385 g/mol. The average molecular weight is 408 g/mol. The molecule has 1 atom stereocenters. The molecule has 0 aliphatic rings. The first-order chi connectivity index (χ1) is 13.2. The van der Waals surface area contributed by atoms with Gasteiger partial charge in [0.25, 0.3) is 0 Å². The molecule has 0 amide bonds. The maximum atomic E-state index is 13.1. The van der Waals surface area contributed by atoms with Gasteiger partial charge in [0.05, 0.1) is 17.7 Å². The van der Waals surface area contributed by atoms with Crippen LogP contribution >= 0.6 is 11.6 Å². The highest BCUT2D eigenvalue weighted by Crippen LogP contribution is 2.21. The number of hydrogen-bond donors (Lipinski definition) is 0. The highest BCUT2D eigenvalue weighted by molar-refractivity contribution is 6.30. The number of halogens is 2. The molecular formula is C21H23ClFNO4. The number of nitrogens with zero attached hydrogens (tertiary/aromatic N) is 1. The molecule has 0 saturated heterocycles. The number of hydrogen-bond acceptors (Lipinski definition) is 4. The van der Waals surface area contributed by atoms with Crippen LogP contribution in [0.5, 0.6) is 0 Å². The topological polar surface area (TPSA) is 57.5 Å². The second-order valence-electron chi connectivity index (χ2n) is 6.50. The Kier molecular flexibility index (Phi) is 7.54. The molecule has 2 aromatic rings. The van der Waals surface area contributed by atoms with E-state index in [4.69, 9.17) is 21.1 Å². The second kappa shape index (κ2) is 9.66. The lowest BCUT2D eigenvalue weighted by Crippen LogP contribution is -2.16. The molecule has 0 spiro atoms. The monoisotopic (exact) mass is 407 g/mol. The minimum Gasteiger partial charge on any atom is -0.454 e. The predicted octanol–water partition coefficient (Wildman–Crippen LogP) is 4.54. The summed E-state index contributed by atoms with van der Waals surface area (Å²) in [6.45, 7) is 5.93. The van der Waals surface area contributed by atoms with E-state index in [0.717, 1.165) is 11.4 Å². The Morgan fingerprint density at radius 2 is 2.00 bits per heavy atom. The minimum absolute atomic E-state index is 0.0382. The van der Waals surface area contributed by atoms with Crippen molar-refractivity contribution in [1.82, 2.24) is 4.57 Å². The van der Waals surface area contributed by atoms with Crippen LogP contribution in [0.4, 0.5) is 4.39 Å². The molecule has 0 unspecified atom stereocenters. The fourth-order valence-corrected chi connectivity index (χ4v) is 3.29. The Labute approximate surface area is 168 Å². The zero-order valence-corrected chi connectivity index (χ0v) is 17.0. The molecule has 7 heteroatoms. The van der Waals surface area contributed by atoms with Gasteiger partial charge in [-0.25, -0.2) is 9.18 Å². The molecule has 28 heavy (non-hydrogen) atoms. The summed E-state index contributed by atoms with van der Waals surface area (Å²) >= 11 is 5.69. The number of ether oxygens (including phenoxy) is 2. The Balaban J connectivity index is 2.00. The molecule has 0 bridgehead atoms. The summed E-state index contributed by atoms with van der Waals surface area (Å²) in [6, 6.07) is 5.94. The number of carbonyl (C=O) groups is 2. The first-order valence-corrected chi connectivity index (χ1v) is 9.12. The van der Waals surface area contributed by atoms with Gasteiger partial charge in [-0.05, 0) is 50.6 Å². The summed E-state index contributed by atoms with van der Waals surface area (Å²) in [6.07, 6.45) is 2.61. The van der Waals surface area contributed by atoms with Gasteiger partial charge in [0, 0.05) is 30.1 Å². The van der Waals surface area contributed by atoms with Gasteiger partial charge in [0.1, 0.15) is 5.82 Å². The third-order valence-corrected chi connectivity index (χ3v) is 4.62. The van der Waals surface area contributed by atoms with E-state index >= 15 is 0 Å². The molecule has 0 aliphatic carbocycles. The van der Waals surface area contributed by atoms with Crippen molar-refractivity contribution in [2.75, 3.05) is 20.3 Å². The van der Waals surface area contributed by atoms with E-state index in [2.05, 4.69) is 0 Å². The van der Waals surface area contributed by atoms with E-state index < -0.39 is 11.8 Å². The van der Waals surface area contributed by atoms with Crippen molar-refractivity contribution in [3.05, 3.63) is 63.7 Å². The number of ketones is 1. The van der Waals surface area contributed by atoms with Crippen molar-refractivity contribution in [2.24, 2.45) is 0 Å². The van der Waals surface area contributed by atoms with Crippen molar-refractivity contribution in [1.29, 1.82) is 0 Å². The number of rotatable bonds is 8. The van der Waals surface area contributed by atoms with Crippen molar-refractivity contribution >= 4 is 29.4 Å². The lowest BCUT2D eigenvalue weighted by molar-refractivity contribution is -0.136. The fraction of sp³-hybridized carbons (Fsp3) is 0.333. The van der Waals surface area contributed by atoms with Gasteiger partial charge < -0.3 is 14.0 Å². The summed E-state index contributed by atoms with van der Waals surface area (Å²) in [5.74, 6) is -1.49. The van der Waals surface area contributed by atoms with E-state index in [1.165, 1.54) is 30.4 Å². The highest BCUT2D eigenvalue weighted by Gasteiger charge is 2.19. The quantitative estimate of drug-likeness (QED) is 0.366. The highest BCUT2D eigenvalue weighted by atomic mass is 35.5. The SMILES string of the molecule is COC[C@H](C)n1c(C)cc(C(=O)COC(=O)/C=C/c2ccc(F)c(Cl)c2)c1C. The van der Waals surface area contributed by atoms with Crippen LogP contribution in [0.25, 0.3) is 6.08 Å². The van der Waals surface area contributed by atoms with E-state index in [0.29, 0.717) is 17.7 Å². The minimum atomic E-state index is -0.671. The summed E-state index contributed by atoms with van der Waals surface area (Å²) in [5.41, 5.74) is 2.80. The molecule has 0 aliphatic heterocycles. The van der Waals surface area contributed by atoms with Crippen LogP contribution in [0.2, 0.25) is 5.02 Å². The molecule has 0 fully saturated rings. The van der Waals surface area contributed by atoms with Crippen molar-refractivity contribution in [2.45, 2.75) is 26.8 Å². The first-order valence-electron chi connectivity index (χ1n) is 8.75. The Bertz CT molecular complexity index is 904. The molecule has 5 nitrogen and oxygen atoms in total. The Hall–Kier alpha value is -2.44. The summed E-state index contributed by atoms with van der Waals surface area (Å²) in [7, 11) is 1.63. The first kappa shape index (κ1) is 21.9. The largest absolute Gasteiger partial charge is 0.454 e. The average Bonchev–Trinajstić information content (AvgIpc) is 2.95. The van der Waals surface area contributed by atoms with Crippen LogP contribution in [0.1, 0.15) is 40.3 Å². The normalized spacial score (nSPS) is 12.4. The molecule has 1 aromatic carbocycles. The maximum Gasteiger partial charge on any atom is 0.331 e. The standard InChI is InChI=1S/C21H23ClFNO4/c1-13-9-17(15(3)24(13)14(2)11-27-4)20(25)12-28-21(26)8-6-16-5-7-19(23)18(22)10-16/h5-10,14H,11-12H2,1-4H3/b8-6+/t14-/m0/s1. The van der Waals surface area contributed by atoms with E-state index in [9.17, 15) is 14.0 Å². The van der Waals surface area contributed by atoms with Gasteiger partial charge in [-0.3, -0.25) is 4.79 Å². The van der Waals surface area contributed by atoms with Crippen LogP contribution in [0.3, 0.4) is 0 Å². The van der Waals surface area contributed by atoms with Crippen molar-refractivity contribution in [3.8, 4) is 0 Å². The molecule has 0 radical (unpaired) electrons. The van der Waals surface area contributed by atoms with Crippen LogP contribution in [0, 0.1) is 19.7 Å². The molecule has 1 heterocycles. The lowest BCUT2D eigenvalue weighted by atomic mass is 10.1. The van der Waals surface area contributed by atoms with Crippen LogP contribution in [0.15, 0.2) is 30.3 Å². The third-order valence-electron chi connectivity index (χ3n) is 4.33. The lowest BCUT2D eigenvalue weighted by Gasteiger charge is -2.17. The van der Waals surface area contributed by atoms with E-state index in [1.807, 2.05) is 25.3 Å². The number of benzene rings is 1. The zero-order chi connectivity index (χ0) is 20.8.